The van der Waals surface area contributed by atoms with Gasteiger partial charge in [0.15, 0.2) is 0 Å². The molecule has 1 fully saturated rings. The van der Waals surface area contributed by atoms with Crippen molar-refractivity contribution >= 4 is 21.6 Å². The molecule has 1 heterocycles. The third-order valence-corrected chi connectivity index (χ3v) is 7.61. The molecule has 1 aliphatic heterocycles. The molecule has 1 saturated heterocycles. The number of rotatable bonds is 9. The summed E-state index contributed by atoms with van der Waals surface area (Å²) in [6, 6.07) is 14.9. The Bertz CT molecular complexity index is 1000. The lowest BCUT2D eigenvalue weighted by Crippen LogP contribution is -2.37. The molecule has 1 N–H and O–H groups in total. The van der Waals surface area contributed by atoms with Gasteiger partial charge in [-0.15, -0.1) is 0 Å². The van der Waals surface area contributed by atoms with Gasteiger partial charge in [0, 0.05) is 31.4 Å². The first-order valence-electron chi connectivity index (χ1n) is 11.1. The number of ether oxygens (including phenoxy) is 1. The van der Waals surface area contributed by atoms with Gasteiger partial charge in [-0.2, -0.15) is 4.31 Å². The molecule has 8 heteroatoms. The van der Waals surface area contributed by atoms with Crippen molar-refractivity contribution in [3.05, 3.63) is 54.1 Å². The zero-order valence-corrected chi connectivity index (χ0v) is 19.9. The van der Waals surface area contributed by atoms with Gasteiger partial charge in [-0.1, -0.05) is 36.8 Å². The van der Waals surface area contributed by atoms with Gasteiger partial charge in [-0.05, 0) is 50.5 Å². The number of sulfonamides is 1. The molecule has 3 rings (SSSR count). The first-order valence-corrected chi connectivity index (χ1v) is 12.5. The highest BCUT2D eigenvalue weighted by Crippen LogP contribution is 2.31. The fourth-order valence-corrected chi connectivity index (χ4v) is 5.52. The third kappa shape index (κ3) is 6.09. The lowest BCUT2D eigenvalue weighted by atomic mass is 10.2. The maximum Gasteiger partial charge on any atom is 0.246 e. The van der Waals surface area contributed by atoms with Crippen LogP contribution in [-0.2, 0) is 21.4 Å². The van der Waals surface area contributed by atoms with Crippen LogP contribution in [0.2, 0.25) is 0 Å². The third-order valence-electron chi connectivity index (χ3n) is 5.69. The predicted molar refractivity (Wildman–Crippen MR) is 126 cm³/mol. The SMILES string of the molecule is COc1ccc(NC(=O)CN(Cc2ccccc2)C(C)C)cc1S(=O)(=O)N1CCCCC1. The molecule has 7 nitrogen and oxygen atoms in total. The number of hydrogen-bond donors (Lipinski definition) is 1. The van der Waals surface area contributed by atoms with E-state index in [0.29, 0.717) is 25.3 Å². The van der Waals surface area contributed by atoms with Crippen molar-refractivity contribution < 1.29 is 17.9 Å². The Morgan fingerprint density at radius 3 is 2.41 bits per heavy atom. The van der Waals surface area contributed by atoms with E-state index in [1.165, 1.54) is 17.5 Å². The maximum atomic E-state index is 13.2. The number of anilines is 1. The topological polar surface area (TPSA) is 79.0 Å². The minimum atomic E-state index is -3.69. The average molecular weight is 460 g/mol. The van der Waals surface area contributed by atoms with Crippen LogP contribution in [0.15, 0.2) is 53.4 Å². The highest BCUT2D eigenvalue weighted by Gasteiger charge is 2.29. The van der Waals surface area contributed by atoms with Crippen molar-refractivity contribution in [2.45, 2.75) is 50.6 Å². The summed E-state index contributed by atoms with van der Waals surface area (Å²) < 4.78 is 33.2. The van der Waals surface area contributed by atoms with Crippen molar-refractivity contribution in [1.82, 2.24) is 9.21 Å². The van der Waals surface area contributed by atoms with Crippen LogP contribution in [0, 0.1) is 0 Å². The molecule has 1 amide bonds. The molecule has 174 valence electrons. The van der Waals surface area contributed by atoms with E-state index < -0.39 is 10.0 Å². The summed E-state index contributed by atoms with van der Waals surface area (Å²) in [7, 11) is -2.24. The standard InChI is InChI=1S/C24H33N3O4S/c1-19(2)26(17-20-10-6-4-7-11-20)18-24(28)25-21-12-13-22(31-3)23(16-21)32(29,30)27-14-8-5-9-15-27/h4,6-7,10-13,16,19H,5,8-9,14-15,17-18H2,1-3H3,(H,25,28). The van der Waals surface area contributed by atoms with E-state index in [1.807, 2.05) is 44.2 Å². The van der Waals surface area contributed by atoms with Crippen molar-refractivity contribution in [3.8, 4) is 5.75 Å². The quantitative estimate of drug-likeness (QED) is 0.618. The molecule has 2 aromatic rings. The smallest absolute Gasteiger partial charge is 0.246 e. The summed E-state index contributed by atoms with van der Waals surface area (Å²) >= 11 is 0. The van der Waals surface area contributed by atoms with Gasteiger partial charge in [-0.25, -0.2) is 8.42 Å². The van der Waals surface area contributed by atoms with Crippen LogP contribution in [0.25, 0.3) is 0 Å². The first kappa shape index (κ1) is 24.2. The van der Waals surface area contributed by atoms with E-state index in [0.717, 1.165) is 24.8 Å². The number of carbonyl (C=O) groups is 1. The predicted octanol–water partition coefficient (Wildman–Crippen LogP) is 3.72. The number of benzene rings is 2. The second-order valence-corrected chi connectivity index (χ2v) is 10.3. The van der Waals surface area contributed by atoms with Crippen LogP contribution >= 0.6 is 0 Å². The molecule has 0 bridgehead atoms. The number of carbonyl (C=O) groups excluding carboxylic acids is 1. The van der Waals surface area contributed by atoms with Crippen LogP contribution in [0.1, 0.15) is 38.7 Å². The fourth-order valence-electron chi connectivity index (χ4n) is 3.82. The minimum absolute atomic E-state index is 0.0877. The summed E-state index contributed by atoms with van der Waals surface area (Å²) in [5, 5.41) is 2.86. The Labute approximate surface area is 191 Å². The Balaban J connectivity index is 1.75. The maximum absolute atomic E-state index is 13.2. The number of hydrogen-bond acceptors (Lipinski definition) is 5. The van der Waals surface area contributed by atoms with Crippen molar-refractivity contribution in [2.75, 3.05) is 32.1 Å². The van der Waals surface area contributed by atoms with Gasteiger partial charge in [0.05, 0.1) is 13.7 Å². The van der Waals surface area contributed by atoms with Crippen LogP contribution in [0.4, 0.5) is 5.69 Å². The van der Waals surface area contributed by atoms with E-state index in [9.17, 15) is 13.2 Å². The number of methoxy groups -OCH3 is 1. The Hall–Kier alpha value is -2.42. The molecular formula is C24H33N3O4S. The lowest BCUT2D eigenvalue weighted by Gasteiger charge is -2.27. The Morgan fingerprint density at radius 2 is 1.78 bits per heavy atom. The molecule has 1 aliphatic rings. The van der Waals surface area contributed by atoms with E-state index >= 15 is 0 Å². The normalized spacial score (nSPS) is 15.2. The Morgan fingerprint density at radius 1 is 1.09 bits per heavy atom. The second-order valence-electron chi connectivity index (χ2n) is 8.36. The number of piperidine rings is 1. The summed E-state index contributed by atoms with van der Waals surface area (Å²) in [5.74, 6) is 0.0857. The second kappa shape index (κ2) is 10.9. The van der Waals surface area contributed by atoms with Crippen molar-refractivity contribution in [3.63, 3.8) is 0 Å². The number of nitrogens with zero attached hydrogens (tertiary/aromatic N) is 2. The number of amides is 1. The highest BCUT2D eigenvalue weighted by molar-refractivity contribution is 7.89. The van der Waals surface area contributed by atoms with Gasteiger partial charge in [0.2, 0.25) is 15.9 Å². The zero-order valence-electron chi connectivity index (χ0n) is 19.1. The van der Waals surface area contributed by atoms with E-state index in [1.54, 1.807) is 12.1 Å². The molecule has 2 aromatic carbocycles. The molecular weight excluding hydrogens is 426 g/mol. The molecule has 0 spiro atoms. The molecule has 0 saturated carbocycles. The highest BCUT2D eigenvalue weighted by atomic mass is 32.2. The minimum Gasteiger partial charge on any atom is -0.495 e. The monoisotopic (exact) mass is 459 g/mol. The zero-order chi connectivity index (χ0) is 23.1. The van der Waals surface area contributed by atoms with Gasteiger partial charge < -0.3 is 10.1 Å². The average Bonchev–Trinajstić information content (AvgIpc) is 2.79. The van der Waals surface area contributed by atoms with Crippen LogP contribution in [0.5, 0.6) is 5.75 Å². The summed E-state index contributed by atoms with van der Waals surface area (Å²) in [5.41, 5.74) is 1.57. The molecule has 0 radical (unpaired) electrons. The van der Waals surface area contributed by atoms with Crippen LogP contribution in [-0.4, -0.2) is 56.3 Å². The molecule has 0 aliphatic carbocycles. The van der Waals surface area contributed by atoms with Gasteiger partial charge in [0.25, 0.3) is 0 Å². The molecule has 0 atom stereocenters. The van der Waals surface area contributed by atoms with Crippen LogP contribution < -0.4 is 10.1 Å². The number of nitrogens with one attached hydrogen (secondary N) is 1. The summed E-state index contributed by atoms with van der Waals surface area (Å²) in [6.45, 7) is 5.96. The van der Waals surface area contributed by atoms with Gasteiger partial charge in [-0.3, -0.25) is 9.69 Å². The van der Waals surface area contributed by atoms with Crippen LogP contribution in [0.3, 0.4) is 0 Å². The summed E-state index contributed by atoms with van der Waals surface area (Å²) in [6.07, 6.45) is 2.74. The van der Waals surface area contributed by atoms with E-state index in [4.69, 9.17) is 4.74 Å². The molecule has 32 heavy (non-hydrogen) atoms. The molecule has 0 unspecified atom stereocenters. The largest absolute Gasteiger partial charge is 0.495 e. The van der Waals surface area contributed by atoms with Crippen molar-refractivity contribution in [1.29, 1.82) is 0 Å². The van der Waals surface area contributed by atoms with Gasteiger partial charge in [0.1, 0.15) is 10.6 Å². The Kier molecular flexibility index (Phi) is 8.28. The van der Waals surface area contributed by atoms with Gasteiger partial charge >= 0.3 is 0 Å². The molecule has 0 aromatic heterocycles. The van der Waals surface area contributed by atoms with Crippen molar-refractivity contribution in [2.24, 2.45) is 0 Å². The summed E-state index contributed by atoms with van der Waals surface area (Å²) in [4.78, 5) is 14.9. The van der Waals surface area contributed by atoms with E-state index in [2.05, 4.69) is 10.2 Å². The lowest BCUT2D eigenvalue weighted by molar-refractivity contribution is -0.117. The van der Waals surface area contributed by atoms with E-state index in [-0.39, 0.29) is 29.1 Å². The first-order chi connectivity index (χ1) is 15.3. The fraction of sp³-hybridized carbons (Fsp3) is 0.458.